The molecule has 2 N–H and O–H groups in total. The van der Waals surface area contributed by atoms with Crippen LogP contribution in [0, 0.1) is 11.8 Å². The number of Topliss-reactive ketones (excluding diaryl/α,β-unsaturated/α-hetero) is 1. The molecule has 0 saturated carbocycles. The van der Waals surface area contributed by atoms with Crippen LogP contribution in [0.3, 0.4) is 0 Å². The van der Waals surface area contributed by atoms with Crippen molar-refractivity contribution in [1.29, 1.82) is 0 Å². The maximum atomic E-state index is 11.5. The van der Waals surface area contributed by atoms with Gasteiger partial charge in [-0.1, -0.05) is 18.8 Å². The normalized spacial score (nSPS) is 9.24. The van der Waals surface area contributed by atoms with Crippen molar-refractivity contribution < 1.29 is 19.8 Å². The summed E-state index contributed by atoms with van der Waals surface area (Å²) in [6.07, 6.45) is 0.0392. The number of carboxylic acid groups (broad SMARTS) is 1. The molecule has 0 aliphatic rings. The van der Waals surface area contributed by atoms with Crippen molar-refractivity contribution in [3.05, 3.63) is 29.3 Å². The molecule has 0 aliphatic carbocycles. The molecule has 0 unspecified atom stereocenters. The number of hydrogen-bond acceptors (Lipinski definition) is 3. The fourth-order valence-corrected chi connectivity index (χ4v) is 1.25. The number of carboxylic acids is 1. The predicted octanol–water partition coefficient (Wildman–Crippen LogP) is 1.81. The fourth-order valence-electron chi connectivity index (χ4n) is 1.25. The van der Waals surface area contributed by atoms with Gasteiger partial charge in [0.1, 0.15) is 12.2 Å². The van der Waals surface area contributed by atoms with E-state index in [0.29, 0.717) is 12.0 Å². The molecule has 0 heterocycles. The highest BCUT2D eigenvalue weighted by molar-refractivity contribution is 5.98. The zero-order valence-corrected chi connectivity index (χ0v) is 9.36. The van der Waals surface area contributed by atoms with Crippen molar-refractivity contribution in [2.75, 3.05) is 0 Å². The number of hydrogen-bond donors (Lipinski definition) is 2. The maximum Gasteiger partial charge on any atom is 0.315 e. The SMILES string of the molecule is CCC(=O)c1cc(C#CCC(=O)O)ccc1O. The van der Waals surface area contributed by atoms with Crippen molar-refractivity contribution >= 4 is 11.8 Å². The van der Waals surface area contributed by atoms with Crippen LogP contribution in [0.15, 0.2) is 18.2 Å². The average molecular weight is 232 g/mol. The molecular weight excluding hydrogens is 220 g/mol. The van der Waals surface area contributed by atoms with Crippen molar-refractivity contribution in [1.82, 2.24) is 0 Å². The molecule has 0 radical (unpaired) electrons. The van der Waals surface area contributed by atoms with Gasteiger partial charge in [-0.3, -0.25) is 9.59 Å². The Morgan fingerprint density at radius 3 is 2.65 bits per heavy atom. The summed E-state index contributed by atoms with van der Waals surface area (Å²) in [6, 6.07) is 4.39. The number of carbonyl (C=O) groups excluding carboxylic acids is 1. The van der Waals surface area contributed by atoms with Gasteiger partial charge in [-0.2, -0.15) is 0 Å². The lowest BCUT2D eigenvalue weighted by Crippen LogP contribution is -1.97. The summed E-state index contributed by atoms with van der Waals surface area (Å²) in [5.74, 6) is 3.83. The van der Waals surface area contributed by atoms with E-state index >= 15 is 0 Å². The highest BCUT2D eigenvalue weighted by Crippen LogP contribution is 2.19. The molecule has 88 valence electrons. The van der Waals surface area contributed by atoms with E-state index in [1.807, 2.05) is 0 Å². The maximum absolute atomic E-state index is 11.5. The largest absolute Gasteiger partial charge is 0.507 e. The smallest absolute Gasteiger partial charge is 0.315 e. The summed E-state index contributed by atoms with van der Waals surface area (Å²) in [5, 5.41) is 17.9. The molecule has 0 amide bonds. The molecule has 0 fully saturated rings. The van der Waals surface area contributed by atoms with Gasteiger partial charge in [-0.05, 0) is 18.2 Å². The third kappa shape index (κ3) is 3.65. The Hall–Kier alpha value is -2.28. The molecule has 0 aromatic heterocycles. The molecule has 0 aliphatic heterocycles. The standard InChI is InChI=1S/C13H12O4/c1-2-11(14)10-8-9(6-7-12(10)15)4-3-5-13(16)17/h6-8,15H,2,5H2,1H3,(H,16,17). The lowest BCUT2D eigenvalue weighted by Gasteiger charge is -2.02. The van der Waals surface area contributed by atoms with E-state index in [2.05, 4.69) is 11.8 Å². The second kappa shape index (κ2) is 5.71. The molecule has 0 saturated heterocycles. The van der Waals surface area contributed by atoms with E-state index in [9.17, 15) is 14.7 Å². The van der Waals surface area contributed by atoms with Crippen LogP contribution in [-0.2, 0) is 4.79 Å². The molecule has 0 atom stereocenters. The summed E-state index contributed by atoms with van der Waals surface area (Å²) in [7, 11) is 0. The first-order chi connectivity index (χ1) is 8.04. The molecule has 17 heavy (non-hydrogen) atoms. The Kier molecular flexibility index (Phi) is 4.29. The van der Waals surface area contributed by atoms with E-state index in [4.69, 9.17) is 5.11 Å². The van der Waals surface area contributed by atoms with Crippen LogP contribution in [0.1, 0.15) is 35.7 Å². The van der Waals surface area contributed by atoms with Gasteiger partial charge < -0.3 is 10.2 Å². The number of carbonyl (C=O) groups is 2. The van der Waals surface area contributed by atoms with E-state index in [1.54, 1.807) is 6.92 Å². The van der Waals surface area contributed by atoms with Gasteiger partial charge in [0.15, 0.2) is 5.78 Å². The lowest BCUT2D eigenvalue weighted by molar-refractivity contribution is -0.135. The van der Waals surface area contributed by atoms with Crippen LogP contribution >= 0.6 is 0 Å². The number of phenolic OH excluding ortho intramolecular Hbond substituents is 1. The number of aromatic hydroxyl groups is 1. The number of ketones is 1. The minimum Gasteiger partial charge on any atom is -0.507 e. The first kappa shape index (κ1) is 12.8. The van der Waals surface area contributed by atoms with E-state index in [-0.39, 0.29) is 23.5 Å². The van der Waals surface area contributed by atoms with Crippen LogP contribution in [0.4, 0.5) is 0 Å². The number of aliphatic carboxylic acids is 1. The van der Waals surface area contributed by atoms with Crippen molar-refractivity contribution in [3.63, 3.8) is 0 Å². The first-order valence-corrected chi connectivity index (χ1v) is 5.11. The molecular formula is C13H12O4. The minimum absolute atomic E-state index is 0.0827. The van der Waals surface area contributed by atoms with Gasteiger partial charge in [0.2, 0.25) is 0 Å². The number of benzene rings is 1. The Morgan fingerprint density at radius 1 is 1.35 bits per heavy atom. The van der Waals surface area contributed by atoms with Crippen molar-refractivity contribution in [2.24, 2.45) is 0 Å². The molecule has 1 rings (SSSR count). The highest BCUT2D eigenvalue weighted by atomic mass is 16.4. The summed E-state index contributed by atoms with van der Waals surface area (Å²) < 4.78 is 0. The van der Waals surface area contributed by atoms with Gasteiger partial charge >= 0.3 is 5.97 Å². The zero-order valence-electron chi connectivity index (χ0n) is 9.36. The van der Waals surface area contributed by atoms with Crippen LogP contribution in [-0.4, -0.2) is 22.0 Å². The van der Waals surface area contributed by atoms with E-state index < -0.39 is 5.97 Å². The van der Waals surface area contributed by atoms with Crippen LogP contribution < -0.4 is 0 Å². The Balaban J connectivity index is 2.99. The van der Waals surface area contributed by atoms with Crippen LogP contribution in [0.25, 0.3) is 0 Å². The lowest BCUT2D eigenvalue weighted by atomic mass is 10.0. The molecule has 4 nitrogen and oxygen atoms in total. The average Bonchev–Trinajstić information content (AvgIpc) is 2.30. The molecule has 1 aromatic rings. The Bertz CT molecular complexity index is 506. The quantitative estimate of drug-likeness (QED) is 0.615. The van der Waals surface area contributed by atoms with Crippen molar-refractivity contribution in [3.8, 4) is 17.6 Å². The molecule has 1 aromatic carbocycles. The molecule has 0 spiro atoms. The third-order valence-electron chi connectivity index (χ3n) is 2.09. The third-order valence-corrected chi connectivity index (χ3v) is 2.09. The zero-order chi connectivity index (χ0) is 12.8. The first-order valence-electron chi connectivity index (χ1n) is 5.11. The van der Waals surface area contributed by atoms with Crippen LogP contribution in [0.5, 0.6) is 5.75 Å². The summed E-state index contributed by atoms with van der Waals surface area (Å²) in [4.78, 5) is 21.7. The van der Waals surface area contributed by atoms with Crippen LogP contribution in [0.2, 0.25) is 0 Å². The number of phenols is 1. The van der Waals surface area contributed by atoms with Gasteiger partial charge in [-0.25, -0.2) is 0 Å². The molecule has 4 heteroatoms. The topological polar surface area (TPSA) is 74.6 Å². The predicted molar refractivity (Wildman–Crippen MR) is 61.9 cm³/mol. The molecule has 0 bridgehead atoms. The second-order valence-electron chi connectivity index (χ2n) is 3.38. The van der Waals surface area contributed by atoms with E-state index in [0.717, 1.165) is 0 Å². The number of rotatable bonds is 3. The fraction of sp³-hybridized carbons (Fsp3) is 0.231. The summed E-state index contributed by atoms with van der Waals surface area (Å²) >= 11 is 0. The second-order valence-corrected chi connectivity index (χ2v) is 3.38. The van der Waals surface area contributed by atoms with Crippen molar-refractivity contribution in [2.45, 2.75) is 19.8 Å². The monoisotopic (exact) mass is 232 g/mol. The van der Waals surface area contributed by atoms with Gasteiger partial charge in [0.25, 0.3) is 0 Å². The van der Waals surface area contributed by atoms with Gasteiger partial charge in [0.05, 0.1) is 5.56 Å². The Labute approximate surface area is 98.9 Å². The Morgan fingerprint density at radius 2 is 2.06 bits per heavy atom. The highest BCUT2D eigenvalue weighted by Gasteiger charge is 2.09. The van der Waals surface area contributed by atoms with Gasteiger partial charge in [0, 0.05) is 12.0 Å². The minimum atomic E-state index is -0.999. The summed E-state index contributed by atoms with van der Waals surface area (Å²) in [6.45, 7) is 1.70. The van der Waals surface area contributed by atoms with Gasteiger partial charge in [-0.15, -0.1) is 0 Å². The van der Waals surface area contributed by atoms with E-state index in [1.165, 1.54) is 18.2 Å². The summed E-state index contributed by atoms with van der Waals surface area (Å²) in [5.41, 5.74) is 0.732.